The second-order valence-electron chi connectivity index (χ2n) is 7.22. The summed E-state index contributed by atoms with van der Waals surface area (Å²) in [5, 5.41) is 3.55. The Kier molecular flexibility index (Phi) is 5.19. The number of amides is 1. The van der Waals surface area contributed by atoms with Crippen LogP contribution in [0, 0.1) is 6.92 Å². The number of nitrogens with zero attached hydrogens (tertiary/aromatic N) is 1. The van der Waals surface area contributed by atoms with E-state index in [1.807, 2.05) is 26.8 Å². The number of ether oxygens (including phenoxy) is 2. The zero-order valence-corrected chi connectivity index (χ0v) is 15.0. The van der Waals surface area contributed by atoms with Gasteiger partial charge in [0.25, 0.3) is 0 Å². The maximum absolute atomic E-state index is 11.9. The van der Waals surface area contributed by atoms with E-state index in [1.165, 1.54) is 5.56 Å². The van der Waals surface area contributed by atoms with Gasteiger partial charge in [0.1, 0.15) is 11.4 Å². The lowest BCUT2D eigenvalue weighted by Gasteiger charge is -2.41. The van der Waals surface area contributed by atoms with Crippen molar-refractivity contribution in [2.24, 2.45) is 0 Å². The van der Waals surface area contributed by atoms with Crippen molar-refractivity contribution in [2.45, 2.75) is 52.3 Å². The second-order valence-corrected chi connectivity index (χ2v) is 7.22. The lowest BCUT2D eigenvalue weighted by molar-refractivity contribution is 0.00431. The molecule has 1 N–H and O–H groups in total. The van der Waals surface area contributed by atoms with E-state index < -0.39 is 5.60 Å². The topological polar surface area (TPSA) is 50.8 Å². The minimum absolute atomic E-state index is 0.163. The summed E-state index contributed by atoms with van der Waals surface area (Å²) in [6.45, 7) is 11.2. The Labute approximate surface area is 139 Å². The van der Waals surface area contributed by atoms with E-state index in [0.29, 0.717) is 13.1 Å². The number of benzene rings is 1. The van der Waals surface area contributed by atoms with Gasteiger partial charge in [0.05, 0.1) is 7.11 Å². The summed E-state index contributed by atoms with van der Waals surface area (Å²) in [6.07, 6.45) is -0.240. The van der Waals surface area contributed by atoms with Crippen LogP contribution < -0.4 is 10.1 Å². The van der Waals surface area contributed by atoms with Crippen LogP contribution in [0.1, 0.15) is 44.9 Å². The minimum atomic E-state index is -0.446. The molecule has 23 heavy (non-hydrogen) atoms. The van der Waals surface area contributed by atoms with Crippen molar-refractivity contribution in [3.05, 3.63) is 29.3 Å². The van der Waals surface area contributed by atoms with Crippen LogP contribution in [0.5, 0.6) is 5.75 Å². The normalized spacial score (nSPS) is 16.7. The number of carbonyl (C=O) groups excluding carboxylic acids is 1. The van der Waals surface area contributed by atoms with E-state index in [0.717, 1.165) is 11.3 Å². The predicted molar refractivity (Wildman–Crippen MR) is 90.9 cm³/mol. The van der Waals surface area contributed by atoms with E-state index in [2.05, 4.69) is 31.3 Å². The first-order valence-corrected chi connectivity index (χ1v) is 8.08. The van der Waals surface area contributed by atoms with Crippen LogP contribution in [0.25, 0.3) is 0 Å². The zero-order valence-electron chi connectivity index (χ0n) is 15.0. The average Bonchev–Trinajstić information content (AvgIpc) is 2.39. The Hall–Kier alpha value is -1.75. The first-order chi connectivity index (χ1) is 10.7. The molecule has 0 radical (unpaired) electrons. The molecule has 0 spiro atoms. The molecule has 1 heterocycles. The van der Waals surface area contributed by atoms with Crippen molar-refractivity contribution in [3.8, 4) is 5.75 Å². The third-order valence-corrected chi connectivity index (χ3v) is 3.87. The van der Waals surface area contributed by atoms with Gasteiger partial charge in [-0.3, -0.25) is 0 Å². The van der Waals surface area contributed by atoms with Gasteiger partial charge in [0, 0.05) is 30.7 Å². The fraction of sp³-hybridized carbons (Fsp3) is 0.611. The number of methoxy groups -OCH3 is 1. The largest absolute Gasteiger partial charge is 0.496 e. The van der Waals surface area contributed by atoms with Crippen molar-refractivity contribution < 1.29 is 14.3 Å². The fourth-order valence-electron chi connectivity index (χ4n) is 2.68. The third kappa shape index (κ3) is 4.61. The number of carbonyl (C=O) groups is 1. The minimum Gasteiger partial charge on any atom is -0.496 e. The molecule has 1 atom stereocenters. The SMILES string of the molecule is COc1cc(C)ccc1C(C)NC1CN(C(=O)OC(C)(C)C)C1. The first kappa shape index (κ1) is 17.6. The van der Waals surface area contributed by atoms with Gasteiger partial charge in [-0.15, -0.1) is 0 Å². The van der Waals surface area contributed by atoms with Gasteiger partial charge in [0.2, 0.25) is 0 Å². The van der Waals surface area contributed by atoms with Crippen LogP contribution in [-0.4, -0.2) is 42.8 Å². The Balaban J connectivity index is 1.87. The molecule has 0 saturated carbocycles. The summed E-state index contributed by atoms with van der Waals surface area (Å²) in [5.41, 5.74) is 1.87. The van der Waals surface area contributed by atoms with Crippen LogP contribution >= 0.6 is 0 Å². The van der Waals surface area contributed by atoms with E-state index in [4.69, 9.17) is 9.47 Å². The molecule has 0 bridgehead atoms. The smallest absolute Gasteiger partial charge is 0.410 e. The molecule has 1 unspecified atom stereocenters. The Morgan fingerprint density at radius 2 is 2.00 bits per heavy atom. The summed E-state index contributed by atoms with van der Waals surface area (Å²) in [7, 11) is 1.69. The summed E-state index contributed by atoms with van der Waals surface area (Å²) in [5.74, 6) is 0.897. The summed E-state index contributed by atoms with van der Waals surface area (Å²) in [6, 6.07) is 6.67. The molecule has 1 aromatic rings. The molecule has 1 amide bonds. The number of rotatable bonds is 4. The van der Waals surface area contributed by atoms with Gasteiger partial charge in [-0.1, -0.05) is 12.1 Å². The summed E-state index contributed by atoms with van der Waals surface area (Å²) in [4.78, 5) is 13.7. The highest BCUT2D eigenvalue weighted by atomic mass is 16.6. The molecule has 0 aromatic heterocycles. The standard InChI is InChI=1S/C18H28N2O3/c1-12-7-8-15(16(9-12)22-6)13(2)19-14-10-20(11-14)17(21)23-18(3,4)5/h7-9,13-14,19H,10-11H2,1-6H3. The zero-order chi connectivity index (χ0) is 17.2. The molecule has 128 valence electrons. The lowest BCUT2D eigenvalue weighted by Crippen LogP contribution is -2.60. The maximum atomic E-state index is 11.9. The highest BCUT2D eigenvalue weighted by molar-refractivity contribution is 5.69. The van der Waals surface area contributed by atoms with Gasteiger partial charge in [0.15, 0.2) is 0 Å². The second kappa shape index (κ2) is 6.79. The molecule has 5 heteroatoms. The number of aryl methyl sites for hydroxylation is 1. The van der Waals surface area contributed by atoms with Crippen LogP contribution in [-0.2, 0) is 4.74 Å². The highest BCUT2D eigenvalue weighted by Gasteiger charge is 2.34. The summed E-state index contributed by atoms with van der Waals surface area (Å²) < 4.78 is 10.8. The predicted octanol–water partition coefficient (Wildman–Crippen LogP) is 3.27. The van der Waals surface area contributed by atoms with Crippen LogP contribution in [0.4, 0.5) is 4.79 Å². The Bertz CT molecular complexity index is 560. The molecule has 1 fully saturated rings. The molecule has 1 saturated heterocycles. The van der Waals surface area contributed by atoms with Gasteiger partial charge < -0.3 is 19.7 Å². The first-order valence-electron chi connectivity index (χ1n) is 8.08. The molecule has 1 aliphatic heterocycles. The molecule has 1 aromatic carbocycles. The highest BCUT2D eigenvalue weighted by Crippen LogP contribution is 2.27. The van der Waals surface area contributed by atoms with Crippen molar-refractivity contribution in [2.75, 3.05) is 20.2 Å². The molecule has 0 aliphatic carbocycles. The van der Waals surface area contributed by atoms with Crippen molar-refractivity contribution in [1.82, 2.24) is 10.2 Å². The van der Waals surface area contributed by atoms with Crippen LogP contribution in [0.3, 0.4) is 0 Å². The van der Waals surface area contributed by atoms with E-state index in [-0.39, 0.29) is 18.2 Å². The molecule has 1 aliphatic rings. The molecular formula is C18H28N2O3. The van der Waals surface area contributed by atoms with Gasteiger partial charge in [-0.05, 0) is 46.2 Å². The molecule has 2 rings (SSSR count). The number of hydrogen-bond donors (Lipinski definition) is 1. The maximum Gasteiger partial charge on any atom is 0.410 e. The fourth-order valence-corrected chi connectivity index (χ4v) is 2.68. The van der Waals surface area contributed by atoms with Crippen molar-refractivity contribution in [1.29, 1.82) is 0 Å². The quantitative estimate of drug-likeness (QED) is 0.925. The molecular weight excluding hydrogens is 292 g/mol. The number of likely N-dealkylation sites (tertiary alicyclic amines) is 1. The Morgan fingerprint density at radius 3 is 2.57 bits per heavy atom. The number of hydrogen-bond acceptors (Lipinski definition) is 4. The van der Waals surface area contributed by atoms with E-state index in [9.17, 15) is 4.79 Å². The van der Waals surface area contributed by atoms with Crippen molar-refractivity contribution >= 4 is 6.09 Å². The van der Waals surface area contributed by atoms with Crippen molar-refractivity contribution in [3.63, 3.8) is 0 Å². The average molecular weight is 320 g/mol. The van der Waals surface area contributed by atoms with Gasteiger partial charge in [-0.2, -0.15) is 0 Å². The van der Waals surface area contributed by atoms with E-state index in [1.54, 1.807) is 12.0 Å². The monoisotopic (exact) mass is 320 g/mol. The number of nitrogens with one attached hydrogen (secondary N) is 1. The summed E-state index contributed by atoms with van der Waals surface area (Å²) >= 11 is 0. The third-order valence-electron chi connectivity index (χ3n) is 3.87. The van der Waals surface area contributed by atoms with Crippen LogP contribution in [0.2, 0.25) is 0 Å². The van der Waals surface area contributed by atoms with Gasteiger partial charge >= 0.3 is 6.09 Å². The van der Waals surface area contributed by atoms with Crippen LogP contribution in [0.15, 0.2) is 18.2 Å². The Morgan fingerprint density at radius 1 is 1.35 bits per heavy atom. The van der Waals surface area contributed by atoms with Gasteiger partial charge in [-0.25, -0.2) is 4.79 Å². The van der Waals surface area contributed by atoms with E-state index >= 15 is 0 Å². The lowest BCUT2D eigenvalue weighted by atomic mass is 10.0. The molecule has 5 nitrogen and oxygen atoms in total.